The number of carbonyl (C=O) groups excluding carboxylic acids is 1. The molecule has 0 radical (unpaired) electrons. The lowest BCUT2D eigenvalue weighted by Crippen LogP contribution is -1.99. The van der Waals surface area contributed by atoms with E-state index in [-0.39, 0.29) is 13.5 Å². The van der Waals surface area contributed by atoms with Gasteiger partial charge in [-0.2, -0.15) is 0 Å². The monoisotopic (exact) mass is 207 g/mol. The van der Waals surface area contributed by atoms with Crippen molar-refractivity contribution >= 4 is 5.97 Å². The SMILES string of the molecule is [2H]CC(=O)OCc1ccc(CC(C)C)cc1. The summed E-state index contributed by atoms with van der Waals surface area (Å²) in [5.41, 5.74) is 2.26. The highest BCUT2D eigenvalue weighted by Crippen LogP contribution is 2.10. The lowest BCUT2D eigenvalue weighted by atomic mass is 10.0. The smallest absolute Gasteiger partial charge is 0.302 e. The highest BCUT2D eigenvalue weighted by molar-refractivity contribution is 5.65. The van der Waals surface area contributed by atoms with Gasteiger partial charge >= 0.3 is 5.97 Å². The number of hydrogen-bond acceptors (Lipinski definition) is 2. The van der Waals surface area contributed by atoms with Crippen molar-refractivity contribution in [1.29, 1.82) is 0 Å². The molecule has 0 spiro atoms. The van der Waals surface area contributed by atoms with Gasteiger partial charge in [0.25, 0.3) is 0 Å². The third-order valence-electron chi connectivity index (χ3n) is 2.07. The topological polar surface area (TPSA) is 26.3 Å². The molecule has 0 heterocycles. The average Bonchev–Trinajstić information content (AvgIpc) is 2.27. The molecular weight excluding hydrogens is 188 g/mol. The Balaban J connectivity index is 2.48. The van der Waals surface area contributed by atoms with Crippen molar-refractivity contribution in [3.63, 3.8) is 0 Å². The molecule has 1 aromatic rings. The molecule has 0 amide bonds. The maximum atomic E-state index is 10.8. The van der Waals surface area contributed by atoms with E-state index in [1.807, 2.05) is 12.1 Å². The zero-order chi connectivity index (χ0) is 12.0. The first-order valence-corrected chi connectivity index (χ1v) is 5.14. The molecule has 1 aromatic carbocycles. The molecule has 0 aliphatic carbocycles. The Hall–Kier alpha value is -1.31. The van der Waals surface area contributed by atoms with Crippen molar-refractivity contribution in [3.05, 3.63) is 35.4 Å². The van der Waals surface area contributed by atoms with E-state index in [2.05, 4.69) is 26.0 Å². The largest absolute Gasteiger partial charge is 0.461 e. The van der Waals surface area contributed by atoms with E-state index >= 15 is 0 Å². The van der Waals surface area contributed by atoms with E-state index in [1.165, 1.54) is 5.56 Å². The van der Waals surface area contributed by atoms with E-state index < -0.39 is 5.97 Å². The lowest BCUT2D eigenvalue weighted by Gasteiger charge is -2.06. The van der Waals surface area contributed by atoms with Crippen LogP contribution in [0.2, 0.25) is 0 Å². The summed E-state index contributed by atoms with van der Waals surface area (Å²) in [4.78, 5) is 10.8. The second-order valence-electron chi connectivity index (χ2n) is 4.08. The number of benzene rings is 1. The quantitative estimate of drug-likeness (QED) is 0.709. The van der Waals surface area contributed by atoms with E-state index in [0.717, 1.165) is 12.0 Å². The molecule has 2 nitrogen and oxygen atoms in total. The Morgan fingerprint density at radius 3 is 2.47 bits per heavy atom. The first kappa shape index (κ1) is 10.2. The van der Waals surface area contributed by atoms with Crippen molar-refractivity contribution in [3.8, 4) is 0 Å². The molecule has 0 aliphatic heterocycles. The van der Waals surface area contributed by atoms with Gasteiger partial charge < -0.3 is 4.74 Å². The molecule has 0 saturated carbocycles. The number of ether oxygens (including phenoxy) is 1. The minimum atomic E-state index is -0.480. The summed E-state index contributed by atoms with van der Waals surface area (Å²) in [6.45, 7) is 4.32. The minimum absolute atomic E-state index is 0.264. The fourth-order valence-corrected chi connectivity index (χ4v) is 1.41. The van der Waals surface area contributed by atoms with E-state index in [0.29, 0.717) is 5.92 Å². The maximum absolute atomic E-state index is 10.8. The van der Waals surface area contributed by atoms with Crippen LogP contribution in [0, 0.1) is 5.92 Å². The molecule has 15 heavy (non-hydrogen) atoms. The molecule has 0 bridgehead atoms. The fourth-order valence-electron chi connectivity index (χ4n) is 1.41. The minimum Gasteiger partial charge on any atom is -0.461 e. The number of hydrogen-bond donors (Lipinski definition) is 0. The standard InChI is InChI=1S/C13H18O2/c1-10(2)8-12-4-6-13(7-5-12)9-15-11(3)14/h4-7,10H,8-9H2,1-3H3/i3D. The second-order valence-corrected chi connectivity index (χ2v) is 4.08. The Kier molecular flexibility index (Phi) is 3.77. The Morgan fingerprint density at radius 1 is 1.33 bits per heavy atom. The highest BCUT2D eigenvalue weighted by Gasteiger charge is 1.99. The Bertz CT molecular complexity index is 330. The van der Waals surface area contributed by atoms with Crippen LogP contribution in [0.5, 0.6) is 0 Å². The molecular formula is C13H18O2. The molecule has 0 aromatic heterocycles. The summed E-state index contributed by atoms with van der Waals surface area (Å²) in [7, 11) is 0. The summed E-state index contributed by atoms with van der Waals surface area (Å²) >= 11 is 0. The lowest BCUT2D eigenvalue weighted by molar-refractivity contribution is -0.142. The molecule has 2 heteroatoms. The summed E-state index contributed by atoms with van der Waals surface area (Å²) in [6.07, 6.45) is 1.06. The first-order valence-electron chi connectivity index (χ1n) is 5.85. The van der Waals surface area contributed by atoms with Crippen molar-refractivity contribution in [2.24, 2.45) is 5.92 Å². The van der Waals surface area contributed by atoms with Crippen LogP contribution in [0.3, 0.4) is 0 Å². The van der Waals surface area contributed by atoms with Gasteiger partial charge in [-0.1, -0.05) is 38.1 Å². The zero-order valence-corrected chi connectivity index (χ0v) is 9.32. The third-order valence-corrected chi connectivity index (χ3v) is 2.07. The van der Waals surface area contributed by atoms with E-state index in [9.17, 15) is 4.79 Å². The van der Waals surface area contributed by atoms with Crippen LogP contribution in [-0.4, -0.2) is 5.97 Å². The number of rotatable bonds is 4. The highest BCUT2D eigenvalue weighted by atomic mass is 16.5. The van der Waals surface area contributed by atoms with Crippen molar-refractivity contribution in [2.45, 2.75) is 33.8 Å². The molecule has 0 fully saturated rings. The molecule has 1 rings (SSSR count). The average molecular weight is 207 g/mol. The molecule has 82 valence electrons. The summed E-state index contributed by atoms with van der Waals surface area (Å²) in [5, 5.41) is 0. The van der Waals surface area contributed by atoms with Crippen LogP contribution >= 0.6 is 0 Å². The molecule has 0 unspecified atom stereocenters. The zero-order valence-electron chi connectivity index (χ0n) is 10.3. The van der Waals surface area contributed by atoms with Crippen molar-refractivity contribution in [2.75, 3.05) is 0 Å². The van der Waals surface area contributed by atoms with Gasteiger partial charge in [-0.25, -0.2) is 0 Å². The molecule has 0 N–H and O–H groups in total. The predicted molar refractivity (Wildman–Crippen MR) is 60.5 cm³/mol. The van der Waals surface area contributed by atoms with Crippen LogP contribution in [0.25, 0.3) is 0 Å². The summed E-state index contributed by atoms with van der Waals surface area (Å²) in [6, 6.07) is 8.05. The summed E-state index contributed by atoms with van der Waals surface area (Å²) in [5.74, 6) is 0.165. The molecule has 0 aliphatic rings. The van der Waals surface area contributed by atoms with Gasteiger partial charge in [0, 0.05) is 8.27 Å². The van der Waals surface area contributed by atoms with Crippen LogP contribution in [0.4, 0.5) is 0 Å². The van der Waals surface area contributed by atoms with Gasteiger partial charge in [-0.3, -0.25) is 4.79 Å². The fraction of sp³-hybridized carbons (Fsp3) is 0.462. The Labute approximate surface area is 92.7 Å². The second kappa shape index (κ2) is 5.54. The maximum Gasteiger partial charge on any atom is 0.302 e. The van der Waals surface area contributed by atoms with Gasteiger partial charge in [0.05, 0.1) is 0 Å². The van der Waals surface area contributed by atoms with Crippen LogP contribution in [0.1, 0.15) is 33.2 Å². The van der Waals surface area contributed by atoms with Crippen LogP contribution < -0.4 is 0 Å². The Morgan fingerprint density at radius 2 is 1.93 bits per heavy atom. The van der Waals surface area contributed by atoms with Crippen molar-refractivity contribution < 1.29 is 10.9 Å². The molecule has 0 saturated heterocycles. The normalized spacial score (nSPS) is 11.3. The van der Waals surface area contributed by atoms with Crippen molar-refractivity contribution in [1.82, 2.24) is 0 Å². The third kappa shape index (κ3) is 4.63. The van der Waals surface area contributed by atoms with E-state index in [4.69, 9.17) is 6.11 Å². The molecule has 0 atom stereocenters. The van der Waals surface area contributed by atoms with Crippen LogP contribution in [0.15, 0.2) is 24.3 Å². The van der Waals surface area contributed by atoms with Gasteiger partial charge in [-0.05, 0) is 23.5 Å². The van der Waals surface area contributed by atoms with E-state index in [1.54, 1.807) is 0 Å². The summed E-state index contributed by atoms with van der Waals surface area (Å²) < 4.78 is 11.7. The van der Waals surface area contributed by atoms with Gasteiger partial charge in [0.15, 0.2) is 0 Å². The first-order chi connectivity index (χ1) is 7.61. The number of esters is 1. The van der Waals surface area contributed by atoms with Gasteiger partial charge in [-0.15, -0.1) is 0 Å². The predicted octanol–water partition coefficient (Wildman–Crippen LogP) is 2.95. The van der Waals surface area contributed by atoms with Gasteiger partial charge in [0.1, 0.15) is 6.61 Å². The van der Waals surface area contributed by atoms with Gasteiger partial charge in [0.2, 0.25) is 0 Å². The number of carbonyl (C=O) groups is 1. The van der Waals surface area contributed by atoms with Crippen LogP contribution in [-0.2, 0) is 22.6 Å².